The third-order valence-electron chi connectivity index (χ3n) is 2.71. The van der Waals surface area contributed by atoms with Crippen LogP contribution in [0, 0.1) is 5.92 Å². The van der Waals surface area contributed by atoms with Crippen LogP contribution in [0.3, 0.4) is 0 Å². The molecule has 2 N–H and O–H groups in total. The number of ether oxygens (including phenoxy) is 2. The van der Waals surface area contributed by atoms with Crippen molar-refractivity contribution in [3.8, 4) is 11.5 Å². The van der Waals surface area contributed by atoms with E-state index >= 15 is 0 Å². The molecule has 0 spiro atoms. The van der Waals surface area contributed by atoms with Crippen LogP contribution in [0.15, 0.2) is 18.2 Å². The largest absolute Gasteiger partial charge is 0.504 e. The fourth-order valence-corrected chi connectivity index (χ4v) is 1.72. The summed E-state index contributed by atoms with van der Waals surface area (Å²) in [6, 6.07) is 5.51. The Kier molecular flexibility index (Phi) is 7.30. The van der Waals surface area contributed by atoms with E-state index in [4.69, 9.17) is 9.47 Å². The van der Waals surface area contributed by atoms with E-state index in [0.29, 0.717) is 18.2 Å². The second-order valence-corrected chi connectivity index (χ2v) is 4.97. The molecule has 0 radical (unpaired) electrons. The first-order chi connectivity index (χ1) is 9.15. The minimum atomic E-state index is 0.216. The summed E-state index contributed by atoms with van der Waals surface area (Å²) in [5, 5.41) is 13.2. The van der Waals surface area contributed by atoms with Crippen molar-refractivity contribution in [2.75, 3.05) is 26.9 Å². The first kappa shape index (κ1) is 15.8. The number of nitrogens with one attached hydrogen (secondary N) is 1. The van der Waals surface area contributed by atoms with E-state index in [0.717, 1.165) is 31.7 Å². The Morgan fingerprint density at radius 1 is 1.32 bits per heavy atom. The van der Waals surface area contributed by atoms with Crippen LogP contribution in [-0.4, -0.2) is 32.0 Å². The Hall–Kier alpha value is -1.26. The van der Waals surface area contributed by atoms with Gasteiger partial charge in [0.25, 0.3) is 0 Å². The van der Waals surface area contributed by atoms with Crippen molar-refractivity contribution in [3.63, 3.8) is 0 Å². The molecule has 0 aliphatic carbocycles. The Bertz CT molecular complexity index is 366. The maximum atomic E-state index is 9.90. The van der Waals surface area contributed by atoms with E-state index in [1.165, 1.54) is 0 Å². The van der Waals surface area contributed by atoms with Gasteiger partial charge in [-0.25, -0.2) is 0 Å². The van der Waals surface area contributed by atoms with Crippen LogP contribution < -0.4 is 10.1 Å². The Morgan fingerprint density at radius 2 is 2.11 bits per heavy atom. The maximum absolute atomic E-state index is 9.90. The topological polar surface area (TPSA) is 50.7 Å². The molecular formula is C15H25NO3. The summed E-state index contributed by atoms with van der Waals surface area (Å²) in [5.41, 5.74) is 0.849. The molecule has 0 unspecified atom stereocenters. The highest BCUT2D eigenvalue weighted by atomic mass is 16.5. The van der Waals surface area contributed by atoms with Crippen molar-refractivity contribution in [2.24, 2.45) is 5.92 Å². The molecule has 1 aromatic carbocycles. The molecule has 0 atom stereocenters. The van der Waals surface area contributed by atoms with Crippen molar-refractivity contribution in [1.82, 2.24) is 5.32 Å². The molecule has 0 bridgehead atoms. The lowest BCUT2D eigenvalue weighted by Gasteiger charge is -2.10. The van der Waals surface area contributed by atoms with E-state index in [2.05, 4.69) is 19.2 Å². The number of phenolic OH excluding ortho intramolecular Hbond substituents is 1. The van der Waals surface area contributed by atoms with E-state index in [1.54, 1.807) is 13.2 Å². The highest BCUT2D eigenvalue weighted by Crippen LogP contribution is 2.28. The Morgan fingerprint density at radius 3 is 2.79 bits per heavy atom. The average molecular weight is 267 g/mol. The van der Waals surface area contributed by atoms with Crippen LogP contribution >= 0.6 is 0 Å². The first-order valence-electron chi connectivity index (χ1n) is 6.78. The second kappa shape index (κ2) is 8.77. The smallest absolute Gasteiger partial charge is 0.162 e. The average Bonchev–Trinajstić information content (AvgIpc) is 2.39. The van der Waals surface area contributed by atoms with Crippen LogP contribution in [0.25, 0.3) is 0 Å². The van der Waals surface area contributed by atoms with Gasteiger partial charge in [0.15, 0.2) is 11.5 Å². The van der Waals surface area contributed by atoms with Crippen LogP contribution in [0.5, 0.6) is 11.5 Å². The second-order valence-electron chi connectivity index (χ2n) is 4.97. The molecule has 0 amide bonds. The van der Waals surface area contributed by atoms with Crippen LogP contribution in [0.1, 0.15) is 25.8 Å². The highest BCUT2D eigenvalue weighted by Gasteiger charge is 2.06. The molecule has 1 rings (SSSR count). The van der Waals surface area contributed by atoms with Gasteiger partial charge in [-0.1, -0.05) is 26.0 Å². The summed E-state index contributed by atoms with van der Waals surface area (Å²) in [6.45, 7) is 7.38. The van der Waals surface area contributed by atoms with Gasteiger partial charge in [0, 0.05) is 25.3 Å². The molecule has 0 fully saturated rings. The molecule has 4 nitrogen and oxygen atoms in total. The minimum Gasteiger partial charge on any atom is -0.504 e. The van der Waals surface area contributed by atoms with Crippen molar-refractivity contribution >= 4 is 0 Å². The number of aromatic hydroxyl groups is 1. The van der Waals surface area contributed by atoms with Crippen molar-refractivity contribution in [1.29, 1.82) is 0 Å². The molecule has 0 heterocycles. The number of hydrogen-bond donors (Lipinski definition) is 2. The molecule has 108 valence electrons. The molecular weight excluding hydrogens is 242 g/mol. The maximum Gasteiger partial charge on any atom is 0.162 e. The summed E-state index contributed by atoms with van der Waals surface area (Å²) in [6.07, 6.45) is 0.970. The summed E-state index contributed by atoms with van der Waals surface area (Å²) in [4.78, 5) is 0. The summed E-state index contributed by atoms with van der Waals surface area (Å²) in [5.74, 6) is 1.31. The van der Waals surface area contributed by atoms with Crippen LogP contribution in [-0.2, 0) is 11.3 Å². The monoisotopic (exact) mass is 267 g/mol. The van der Waals surface area contributed by atoms with Gasteiger partial charge in [-0.15, -0.1) is 0 Å². The van der Waals surface area contributed by atoms with Crippen LogP contribution in [0.2, 0.25) is 0 Å². The fourth-order valence-electron chi connectivity index (χ4n) is 1.72. The SMILES string of the molecule is COc1cccc(CNCCCOCC(C)C)c1O. The molecule has 4 heteroatoms. The summed E-state index contributed by atoms with van der Waals surface area (Å²) in [7, 11) is 1.55. The molecule has 1 aromatic rings. The third kappa shape index (κ3) is 5.94. The van der Waals surface area contributed by atoms with Gasteiger partial charge in [-0.2, -0.15) is 0 Å². The van der Waals surface area contributed by atoms with Crippen LogP contribution in [0.4, 0.5) is 0 Å². The number of hydrogen-bond acceptors (Lipinski definition) is 4. The fraction of sp³-hybridized carbons (Fsp3) is 0.600. The lowest BCUT2D eigenvalue weighted by atomic mass is 10.2. The quantitative estimate of drug-likeness (QED) is 0.675. The van der Waals surface area contributed by atoms with Gasteiger partial charge < -0.3 is 19.9 Å². The number of methoxy groups -OCH3 is 1. The van der Waals surface area contributed by atoms with Crippen molar-refractivity contribution in [3.05, 3.63) is 23.8 Å². The molecule has 0 saturated carbocycles. The minimum absolute atomic E-state index is 0.216. The van der Waals surface area contributed by atoms with Gasteiger partial charge in [0.05, 0.1) is 7.11 Å². The zero-order valence-electron chi connectivity index (χ0n) is 12.1. The van der Waals surface area contributed by atoms with Gasteiger partial charge in [0.1, 0.15) is 0 Å². The zero-order valence-corrected chi connectivity index (χ0v) is 12.1. The predicted molar refractivity (Wildman–Crippen MR) is 76.6 cm³/mol. The summed E-state index contributed by atoms with van der Waals surface area (Å²) >= 11 is 0. The molecule has 0 aliphatic heterocycles. The Balaban J connectivity index is 2.19. The predicted octanol–water partition coefficient (Wildman–Crippen LogP) is 2.55. The molecule has 0 saturated heterocycles. The van der Waals surface area contributed by atoms with Gasteiger partial charge in [-0.05, 0) is 24.9 Å². The van der Waals surface area contributed by atoms with Gasteiger partial charge in [0.2, 0.25) is 0 Å². The first-order valence-corrected chi connectivity index (χ1v) is 6.78. The van der Waals surface area contributed by atoms with Gasteiger partial charge >= 0.3 is 0 Å². The van der Waals surface area contributed by atoms with Crippen molar-refractivity contribution < 1.29 is 14.6 Å². The third-order valence-corrected chi connectivity index (χ3v) is 2.71. The highest BCUT2D eigenvalue weighted by molar-refractivity contribution is 5.45. The molecule has 0 aliphatic rings. The lowest BCUT2D eigenvalue weighted by molar-refractivity contribution is 0.108. The number of rotatable bonds is 9. The van der Waals surface area contributed by atoms with E-state index in [9.17, 15) is 5.11 Å². The van der Waals surface area contributed by atoms with Gasteiger partial charge in [-0.3, -0.25) is 0 Å². The normalized spacial score (nSPS) is 10.9. The number of benzene rings is 1. The Labute approximate surface area is 115 Å². The van der Waals surface area contributed by atoms with E-state index in [-0.39, 0.29) is 5.75 Å². The number of phenols is 1. The zero-order chi connectivity index (χ0) is 14.1. The van der Waals surface area contributed by atoms with E-state index < -0.39 is 0 Å². The summed E-state index contributed by atoms with van der Waals surface area (Å²) < 4.78 is 10.6. The standard InChI is InChI=1S/C15H25NO3/c1-12(2)11-19-9-5-8-16-10-13-6-4-7-14(18-3)15(13)17/h4,6-7,12,16-17H,5,8-11H2,1-3H3. The molecule has 19 heavy (non-hydrogen) atoms. The lowest BCUT2D eigenvalue weighted by Crippen LogP contribution is -2.17. The number of para-hydroxylation sites is 1. The van der Waals surface area contributed by atoms with E-state index in [1.807, 2.05) is 12.1 Å². The van der Waals surface area contributed by atoms with Crippen molar-refractivity contribution in [2.45, 2.75) is 26.8 Å². The molecule has 0 aromatic heterocycles.